The molecule has 3 N–H and O–H groups in total. The summed E-state index contributed by atoms with van der Waals surface area (Å²) in [4.78, 5) is 0. The van der Waals surface area contributed by atoms with Crippen molar-refractivity contribution in [2.24, 2.45) is 5.73 Å². The van der Waals surface area contributed by atoms with E-state index in [4.69, 9.17) is 10.5 Å². The molecular weight excluding hydrogens is 218 g/mol. The van der Waals surface area contributed by atoms with E-state index in [2.05, 4.69) is 4.72 Å². The van der Waals surface area contributed by atoms with Gasteiger partial charge in [-0.25, -0.2) is 0 Å². The first-order valence-electron chi connectivity index (χ1n) is 5.08. The number of nitrogens with one attached hydrogen (secondary N) is 1. The van der Waals surface area contributed by atoms with E-state index in [0.717, 1.165) is 19.3 Å². The Bertz CT molecular complexity index is 275. The molecule has 0 bridgehead atoms. The SMILES string of the molecule is COCC(N)NS(=O)(=O)N1CCCCC1. The molecular formula is C8H19N3O3S. The topological polar surface area (TPSA) is 84.7 Å². The van der Waals surface area contributed by atoms with Gasteiger partial charge in [0, 0.05) is 20.2 Å². The molecule has 1 rings (SSSR count). The quantitative estimate of drug-likeness (QED) is 0.615. The van der Waals surface area contributed by atoms with Crippen molar-refractivity contribution in [2.75, 3.05) is 26.8 Å². The molecule has 1 aliphatic rings. The average Bonchev–Trinajstić information content (AvgIpc) is 2.18. The lowest BCUT2D eigenvalue weighted by Gasteiger charge is -2.27. The van der Waals surface area contributed by atoms with Crippen LogP contribution in [-0.4, -0.2) is 45.7 Å². The van der Waals surface area contributed by atoms with Crippen LogP contribution < -0.4 is 10.5 Å². The Labute approximate surface area is 90.9 Å². The van der Waals surface area contributed by atoms with Crippen molar-refractivity contribution in [3.63, 3.8) is 0 Å². The smallest absolute Gasteiger partial charge is 0.280 e. The standard InChI is InChI=1S/C8H19N3O3S/c1-14-7-8(9)10-15(12,13)11-5-3-2-4-6-11/h8,10H,2-7,9H2,1H3. The Morgan fingerprint density at radius 3 is 2.53 bits per heavy atom. The van der Waals surface area contributed by atoms with Gasteiger partial charge in [-0.05, 0) is 12.8 Å². The molecule has 1 saturated heterocycles. The Kier molecular flexibility index (Phi) is 4.94. The molecule has 0 aliphatic carbocycles. The summed E-state index contributed by atoms with van der Waals surface area (Å²) in [6, 6.07) is 0. The zero-order chi connectivity index (χ0) is 11.3. The summed E-state index contributed by atoms with van der Waals surface area (Å²) >= 11 is 0. The Morgan fingerprint density at radius 2 is 2.00 bits per heavy atom. The minimum atomic E-state index is -3.43. The second kappa shape index (κ2) is 5.76. The number of hydrogen-bond acceptors (Lipinski definition) is 4. The van der Waals surface area contributed by atoms with Crippen LogP contribution in [0.15, 0.2) is 0 Å². The van der Waals surface area contributed by atoms with Gasteiger partial charge in [0.05, 0.1) is 12.8 Å². The van der Waals surface area contributed by atoms with Gasteiger partial charge < -0.3 is 10.5 Å². The third kappa shape index (κ3) is 4.04. The molecule has 1 heterocycles. The Morgan fingerprint density at radius 1 is 1.40 bits per heavy atom. The van der Waals surface area contributed by atoms with E-state index in [1.165, 1.54) is 11.4 Å². The predicted molar refractivity (Wildman–Crippen MR) is 57.3 cm³/mol. The molecule has 15 heavy (non-hydrogen) atoms. The molecule has 1 fully saturated rings. The van der Waals surface area contributed by atoms with E-state index in [0.29, 0.717) is 13.1 Å². The predicted octanol–water partition coefficient (Wildman–Crippen LogP) is -0.762. The maximum Gasteiger partial charge on any atom is 0.280 e. The molecule has 1 atom stereocenters. The fraction of sp³-hybridized carbons (Fsp3) is 1.00. The van der Waals surface area contributed by atoms with Gasteiger partial charge in [0.2, 0.25) is 0 Å². The van der Waals surface area contributed by atoms with E-state index in [1.807, 2.05) is 0 Å². The maximum atomic E-state index is 11.8. The lowest BCUT2D eigenvalue weighted by Crippen LogP contribution is -2.51. The van der Waals surface area contributed by atoms with E-state index < -0.39 is 16.4 Å². The molecule has 0 spiro atoms. The van der Waals surface area contributed by atoms with Gasteiger partial charge in [0.1, 0.15) is 0 Å². The van der Waals surface area contributed by atoms with E-state index in [-0.39, 0.29) is 6.61 Å². The number of methoxy groups -OCH3 is 1. The third-order valence-corrected chi connectivity index (χ3v) is 3.95. The largest absolute Gasteiger partial charge is 0.382 e. The molecule has 0 aromatic heterocycles. The van der Waals surface area contributed by atoms with E-state index in [9.17, 15) is 8.42 Å². The van der Waals surface area contributed by atoms with Crippen molar-refractivity contribution < 1.29 is 13.2 Å². The minimum Gasteiger partial charge on any atom is -0.382 e. The zero-order valence-electron chi connectivity index (χ0n) is 8.98. The first-order valence-corrected chi connectivity index (χ1v) is 6.52. The molecule has 0 amide bonds. The first kappa shape index (κ1) is 12.9. The highest BCUT2D eigenvalue weighted by molar-refractivity contribution is 7.87. The van der Waals surface area contributed by atoms with Crippen LogP contribution in [0.5, 0.6) is 0 Å². The van der Waals surface area contributed by atoms with Gasteiger partial charge in [0.25, 0.3) is 10.2 Å². The fourth-order valence-electron chi connectivity index (χ4n) is 1.58. The number of piperidine rings is 1. The lowest BCUT2D eigenvalue weighted by atomic mass is 10.2. The van der Waals surface area contributed by atoms with Crippen molar-refractivity contribution in [3.05, 3.63) is 0 Å². The monoisotopic (exact) mass is 237 g/mol. The summed E-state index contributed by atoms with van der Waals surface area (Å²) in [5.41, 5.74) is 5.54. The summed E-state index contributed by atoms with van der Waals surface area (Å²) in [5.74, 6) is 0. The van der Waals surface area contributed by atoms with Crippen LogP contribution in [0.2, 0.25) is 0 Å². The Balaban J connectivity index is 2.49. The van der Waals surface area contributed by atoms with Gasteiger partial charge >= 0.3 is 0 Å². The van der Waals surface area contributed by atoms with Crippen LogP contribution in [0.1, 0.15) is 19.3 Å². The molecule has 90 valence electrons. The van der Waals surface area contributed by atoms with Gasteiger partial charge in [-0.2, -0.15) is 17.4 Å². The summed E-state index contributed by atoms with van der Waals surface area (Å²) in [6.07, 6.45) is 2.25. The number of rotatable bonds is 5. The summed E-state index contributed by atoms with van der Waals surface area (Å²) in [6.45, 7) is 1.33. The second-order valence-electron chi connectivity index (χ2n) is 3.64. The van der Waals surface area contributed by atoms with Crippen LogP contribution in [0.4, 0.5) is 0 Å². The number of ether oxygens (including phenoxy) is 1. The van der Waals surface area contributed by atoms with Crippen molar-refractivity contribution in [1.82, 2.24) is 9.03 Å². The fourth-order valence-corrected chi connectivity index (χ4v) is 2.92. The molecule has 1 unspecified atom stereocenters. The average molecular weight is 237 g/mol. The van der Waals surface area contributed by atoms with Gasteiger partial charge in [0.15, 0.2) is 0 Å². The molecule has 0 aromatic carbocycles. The highest BCUT2D eigenvalue weighted by Gasteiger charge is 2.25. The van der Waals surface area contributed by atoms with Gasteiger partial charge in [-0.1, -0.05) is 6.42 Å². The van der Waals surface area contributed by atoms with E-state index in [1.54, 1.807) is 0 Å². The normalized spacial score (nSPS) is 21.5. The number of hydrogen-bond donors (Lipinski definition) is 2. The van der Waals surface area contributed by atoms with Crippen LogP contribution in [0.3, 0.4) is 0 Å². The van der Waals surface area contributed by atoms with Gasteiger partial charge in [-0.3, -0.25) is 0 Å². The molecule has 0 saturated carbocycles. The first-order chi connectivity index (χ1) is 7.06. The highest BCUT2D eigenvalue weighted by atomic mass is 32.2. The molecule has 6 nitrogen and oxygen atoms in total. The van der Waals surface area contributed by atoms with Crippen molar-refractivity contribution >= 4 is 10.2 Å². The van der Waals surface area contributed by atoms with Crippen molar-refractivity contribution in [1.29, 1.82) is 0 Å². The number of nitrogens with zero attached hydrogens (tertiary/aromatic N) is 1. The van der Waals surface area contributed by atoms with Crippen LogP contribution in [0.25, 0.3) is 0 Å². The molecule has 0 aromatic rings. The maximum absolute atomic E-state index is 11.8. The second-order valence-corrected chi connectivity index (χ2v) is 5.35. The highest BCUT2D eigenvalue weighted by Crippen LogP contribution is 2.11. The molecule has 7 heteroatoms. The summed E-state index contributed by atoms with van der Waals surface area (Å²) < 4.78 is 32.1. The van der Waals surface area contributed by atoms with Gasteiger partial charge in [-0.15, -0.1) is 0 Å². The molecule has 1 aliphatic heterocycles. The third-order valence-electron chi connectivity index (χ3n) is 2.30. The van der Waals surface area contributed by atoms with Crippen molar-refractivity contribution in [2.45, 2.75) is 25.4 Å². The van der Waals surface area contributed by atoms with Crippen molar-refractivity contribution in [3.8, 4) is 0 Å². The molecule has 0 radical (unpaired) electrons. The summed E-state index contributed by atoms with van der Waals surface area (Å²) in [7, 11) is -1.95. The zero-order valence-corrected chi connectivity index (χ0v) is 9.79. The van der Waals surface area contributed by atoms with Crippen LogP contribution in [0, 0.1) is 0 Å². The minimum absolute atomic E-state index is 0.174. The van der Waals surface area contributed by atoms with Crippen LogP contribution >= 0.6 is 0 Å². The lowest BCUT2D eigenvalue weighted by molar-refractivity contribution is 0.175. The summed E-state index contributed by atoms with van der Waals surface area (Å²) in [5, 5.41) is 0. The Hall–Kier alpha value is -0.210. The van der Waals surface area contributed by atoms with E-state index >= 15 is 0 Å². The number of nitrogens with two attached hydrogens (primary N) is 1. The van der Waals surface area contributed by atoms with Crippen LogP contribution in [-0.2, 0) is 14.9 Å².